The number of anilines is 2. The van der Waals surface area contributed by atoms with Crippen molar-refractivity contribution in [3.63, 3.8) is 0 Å². The van der Waals surface area contributed by atoms with Crippen LogP contribution in [0.15, 0.2) is 65.6 Å². The van der Waals surface area contributed by atoms with Crippen LogP contribution in [-0.4, -0.2) is 26.5 Å². The first kappa shape index (κ1) is 19.3. The van der Waals surface area contributed by atoms with E-state index in [9.17, 15) is 13.2 Å². The maximum atomic E-state index is 13.2. The molecule has 1 N–H and O–H groups in total. The molecule has 29 heavy (non-hydrogen) atoms. The van der Waals surface area contributed by atoms with Gasteiger partial charge in [-0.3, -0.25) is 9.10 Å². The van der Waals surface area contributed by atoms with E-state index in [1.54, 1.807) is 55.5 Å². The van der Waals surface area contributed by atoms with Gasteiger partial charge in [-0.2, -0.15) is 0 Å². The zero-order chi connectivity index (χ0) is 20.8. The van der Waals surface area contributed by atoms with Crippen LogP contribution in [0.4, 0.5) is 11.4 Å². The number of hydrogen-bond acceptors (Lipinski definition) is 4. The summed E-state index contributed by atoms with van der Waals surface area (Å²) in [6.07, 6.45) is 0.00797. The molecule has 0 radical (unpaired) electrons. The van der Waals surface area contributed by atoms with Crippen molar-refractivity contribution in [2.24, 2.45) is 0 Å². The second kappa shape index (κ2) is 7.08. The maximum absolute atomic E-state index is 13.2. The molecule has 7 heteroatoms. The molecule has 3 aromatic rings. The van der Waals surface area contributed by atoms with Gasteiger partial charge in [-0.25, -0.2) is 8.42 Å². The Labute approximate surface area is 170 Å². The molecular formula is C22H22N2O4S. The first-order valence-corrected chi connectivity index (χ1v) is 10.9. The van der Waals surface area contributed by atoms with E-state index in [2.05, 4.69) is 5.32 Å². The van der Waals surface area contributed by atoms with Crippen molar-refractivity contribution < 1.29 is 17.9 Å². The molecule has 1 aliphatic heterocycles. The number of ether oxygens (including phenoxy) is 1. The second-order valence-corrected chi connectivity index (χ2v) is 9.08. The maximum Gasteiger partial charge on any atom is 0.265 e. The Hall–Kier alpha value is -3.06. The highest BCUT2D eigenvalue weighted by Crippen LogP contribution is 2.43. The molecule has 4 rings (SSSR count). The van der Waals surface area contributed by atoms with Gasteiger partial charge in [0.05, 0.1) is 16.7 Å². The van der Waals surface area contributed by atoms with Gasteiger partial charge < -0.3 is 10.1 Å². The van der Waals surface area contributed by atoms with Crippen LogP contribution in [0.5, 0.6) is 5.75 Å². The highest BCUT2D eigenvalue weighted by atomic mass is 32.2. The highest BCUT2D eigenvalue weighted by molar-refractivity contribution is 7.93. The Morgan fingerprint density at radius 2 is 1.69 bits per heavy atom. The predicted molar refractivity (Wildman–Crippen MR) is 114 cm³/mol. The van der Waals surface area contributed by atoms with Crippen molar-refractivity contribution >= 4 is 38.1 Å². The molecule has 0 saturated heterocycles. The molecule has 3 aromatic carbocycles. The lowest BCUT2D eigenvalue weighted by Crippen LogP contribution is -2.43. The molecular weight excluding hydrogens is 388 g/mol. The normalized spacial score (nSPS) is 15.5. The summed E-state index contributed by atoms with van der Waals surface area (Å²) in [6, 6.07) is 16.7. The number of nitrogens with zero attached hydrogens (tertiary/aromatic N) is 1. The van der Waals surface area contributed by atoms with Gasteiger partial charge in [-0.05, 0) is 50.4 Å². The fourth-order valence-electron chi connectivity index (χ4n) is 3.61. The summed E-state index contributed by atoms with van der Waals surface area (Å²) >= 11 is 0. The van der Waals surface area contributed by atoms with Crippen LogP contribution in [0.25, 0.3) is 10.8 Å². The van der Waals surface area contributed by atoms with Gasteiger partial charge in [0.15, 0.2) is 0 Å². The van der Waals surface area contributed by atoms with Crippen LogP contribution in [0, 0.1) is 0 Å². The average molecular weight is 410 g/mol. The monoisotopic (exact) mass is 410 g/mol. The molecule has 1 heterocycles. The molecule has 1 unspecified atom stereocenters. The summed E-state index contributed by atoms with van der Waals surface area (Å²) in [5.74, 6) is 0.219. The highest BCUT2D eigenvalue weighted by Gasteiger charge is 2.40. The molecule has 0 bridgehead atoms. The van der Waals surface area contributed by atoms with Crippen molar-refractivity contribution in [1.82, 2.24) is 0 Å². The predicted octanol–water partition coefficient (Wildman–Crippen LogP) is 4.16. The summed E-state index contributed by atoms with van der Waals surface area (Å²) in [7, 11) is -3.81. The number of benzene rings is 3. The molecule has 6 nitrogen and oxygen atoms in total. The van der Waals surface area contributed by atoms with Crippen LogP contribution >= 0.6 is 0 Å². The lowest BCUT2D eigenvalue weighted by molar-refractivity contribution is -0.116. The molecule has 1 aliphatic rings. The van der Waals surface area contributed by atoms with Crippen molar-refractivity contribution in [3.8, 4) is 5.75 Å². The Morgan fingerprint density at radius 3 is 2.41 bits per heavy atom. The number of carbonyl (C=O) groups excluding carboxylic acids is 1. The Morgan fingerprint density at radius 1 is 1.00 bits per heavy atom. The number of rotatable bonds is 5. The third-order valence-electron chi connectivity index (χ3n) is 4.82. The van der Waals surface area contributed by atoms with Gasteiger partial charge in [0, 0.05) is 17.1 Å². The third-order valence-corrected chi connectivity index (χ3v) is 6.75. The van der Waals surface area contributed by atoms with Gasteiger partial charge in [0.1, 0.15) is 11.8 Å². The van der Waals surface area contributed by atoms with Gasteiger partial charge in [0.25, 0.3) is 10.0 Å². The second-order valence-electron chi connectivity index (χ2n) is 7.29. The Kier molecular flexibility index (Phi) is 4.70. The molecule has 1 amide bonds. The summed E-state index contributed by atoms with van der Waals surface area (Å²) < 4.78 is 33.2. The minimum absolute atomic E-state index is 0.00797. The first-order valence-electron chi connectivity index (χ1n) is 9.43. The van der Waals surface area contributed by atoms with E-state index < -0.39 is 22.0 Å². The van der Waals surface area contributed by atoms with Crippen LogP contribution in [0.2, 0.25) is 0 Å². The number of amides is 1. The molecule has 150 valence electrons. The minimum atomic E-state index is -3.81. The Bertz CT molecular complexity index is 1200. The van der Waals surface area contributed by atoms with Crippen LogP contribution in [0.3, 0.4) is 0 Å². The van der Waals surface area contributed by atoms with E-state index in [0.29, 0.717) is 22.5 Å². The van der Waals surface area contributed by atoms with Gasteiger partial charge >= 0.3 is 0 Å². The van der Waals surface area contributed by atoms with E-state index in [-0.39, 0.29) is 11.0 Å². The minimum Gasteiger partial charge on any atom is -0.491 e. The molecule has 0 aliphatic carbocycles. The molecule has 0 spiro atoms. The van der Waals surface area contributed by atoms with E-state index in [1.807, 2.05) is 26.0 Å². The summed E-state index contributed by atoms with van der Waals surface area (Å²) in [6.45, 7) is 5.43. The summed E-state index contributed by atoms with van der Waals surface area (Å²) in [4.78, 5) is 13.2. The van der Waals surface area contributed by atoms with Crippen LogP contribution < -0.4 is 14.4 Å². The fourth-order valence-corrected chi connectivity index (χ4v) is 5.48. The SMILES string of the molecule is CC(C)Oc1cccc(NC(=O)C(C)N2c3cccc4cccc(c34)S2(=O)=O)c1. The van der Waals surface area contributed by atoms with Crippen molar-refractivity contribution in [2.75, 3.05) is 9.62 Å². The van der Waals surface area contributed by atoms with Gasteiger partial charge in [-0.1, -0.05) is 30.3 Å². The lowest BCUT2D eigenvalue weighted by Gasteiger charge is -2.25. The van der Waals surface area contributed by atoms with Crippen molar-refractivity contribution in [2.45, 2.75) is 37.8 Å². The van der Waals surface area contributed by atoms with E-state index in [0.717, 1.165) is 5.39 Å². The van der Waals surface area contributed by atoms with Gasteiger partial charge in [0.2, 0.25) is 5.91 Å². The lowest BCUT2D eigenvalue weighted by atomic mass is 10.1. The fraction of sp³-hybridized carbons (Fsp3) is 0.227. The van der Waals surface area contributed by atoms with Crippen molar-refractivity contribution in [1.29, 1.82) is 0 Å². The van der Waals surface area contributed by atoms with Crippen LogP contribution in [0.1, 0.15) is 20.8 Å². The summed E-state index contributed by atoms with van der Waals surface area (Å²) in [5.41, 5.74) is 1.07. The van der Waals surface area contributed by atoms with Crippen LogP contribution in [-0.2, 0) is 14.8 Å². The largest absolute Gasteiger partial charge is 0.491 e. The standard InChI is InChI=1S/C22H22N2O4S/c1-14(2)28-18-10-6-9-17(13-18)23-22(25)15(3)24-19-11-4-7-16-8-5-12-20(21(16)19)29(24,26)27/h4-15H,1-3H3,(H,23,25). The van der Waals surface area contributed by atoms with E-state index in [4.69, 9.17) is 4.74 Å². The smallest absolute Gasteiger partial charge is 0.265 e. The molecule has 1 atom stereocenters. The number of nitrogens with one attached hydrogen (secondary N) is 1. The number of sulfonamides is 1. The zero-order valence-corrected chi connectivity index (χ0v) is 17.2. The zero-order valence-electron chi connectivity index (χ0n) is 16.4. The van der Waals surface area contributed by atoms with Crippen molar-refractivity contribution in [3.05, 3.63) is 60.7 Å². The molecule has 0 aromatic heterocycles. The summed E-state index contributed by atoms with van der Waals surface area (Å²) in [5, 5.41) is 4.29. The van der Waals surface area contributed by atoms with E-state index in [1.165, 1.54) is 4.31 Å². The molecule has 0 fully saturated rings. The third kappa shape index (κ3) is 3.31. The quantitative estimate of drug-likeness (QED) is 0.685. The average Bonchev–Trinajstić information content (AvgIpc) is 2.90. The Balaban J connectivity index is 1.64. The van der Waals surface area contributed by atoms with E-state index >= 15 is 0 Å². The topological polar surface area (TPSA) is 75.7 Å². The molecule has 0 saturated carbocycles. The number of carbonyl (C=O) groups is 1. The number of hydrogen-bond donors (Lipinski definition) is 1. The first-order chi connectivity index (χ1) is 13.8. The van der Waals surface area contributed by atoms with Gasteiger partial charge in [-0.15, -0.1) is 0 Å².